The van der Waals surface area contributed by atoms with Crippen LogP contribution in [0.15, 0.2) is 18.2 Å². The summed E-state index contributed by atoms with van der Waals surface area (Å²) in [7, 11) is 3.42. The van der Waals surface area contributed by atoms with Gasteiger partial charge < -0.3 is 16.0 Å². The van der Waals surface area contributed by atoms with Gasteiger partial charge in [0, 0.05) is 37.7 Å². The quantitative estimate of drug-likeness (QED) is 0.766. The summed E-state index contributed by atoms with van der Waals surface area (Å²) in [5.74, 6) is -0.337. The lowest BCUT2D eigenvalue weighted by Crippen LogP contribution is -2.26. The van der Waals surface area contributed by atoms with Crippen LogP contribution in [-0.4, -0.2) is 36.4 Å². The van der Waals surface area contributed by atoms with Gasteiger partial charge in [0.05, 0.1) is 0 Å². The molecule has 0 aliphatic rings. The normalized spacial score (nSPS) is 10.5. The van der Waals surface area contributed by atoms with E-state index in [2.05, 4.69) is 5.32 Å². The second kappa shape index (κ2) is 7.16. The number of carbonyl (C=O) groups is 1. The Morgan fingerprint density at radius 3 is 2.79 bits per heavy atom. The van der Waals surface area contributed by atoms with Gasteiger partial charge in [-0.25, -0.2) is 4.39 Å². The van der Waals surface area contributed by atoms with Crippen LogP contribution in [0.4, 0.5) is 4.39 Å². The van der Waals surface area contributed by atoms with Gasteiger partial charge in [0.15, 0.2) is 0 Å². The van der Waals surface area contributed by atoms with E-state index in [0.717, 1.165) is 0 Å². The van der Waals surface area contributed by atoms with E-state index < -0.39 is 0 Å². The molecule has 1 rings (SSSR count). The first-order valence-corrected chi connectivity index (χ1v) is 6.32. The van der Waals surface area contributed by atoms with Crippen molar-refractivity contribution in [3.05, 3.63) is 35.1 Å². The van der Waals surface area contributed by atoms with Crippen LogP contribution in [-0.2, 0) is 11.3 Å². The number of nitrogens with zero attached hydrogens (tertiary/aromatic N) is 1. The van der Waals surface area contributed by atoms with Gasteiger partial charge in [-0.15, -0.1) is 0 Å². The molecule has 3 N–H and O–H groups in total. The summed E-state index contributed by atoms with van der Waals surface area (Å²) >= 11 is 4.87. The SMILES string of the molecule is CNC(=O)CCN(C)Cc1cc(C(N)=S)ccc1F. The molecular formula is C13H18FN3OS. The molecule has 19 heavy (non-hydrogen) atoms. The van der Waals surface area contributed by atoms with Gasteiger partial charge in [-0.2, -0.15) is 0 Å². The van der Waals surface area contributed by atoms with E-state index in [4.69, 9.17) is 18.0 Å². The highest BCUT2D eigenvalue weighted by atomic mass is 32.1. The average Bonchev–Trinajstić information content (AvgIpc) is 2.38. The molecule has 104 valence electrons. The Bertz CT molecular complexity index is 479. The van der Waals surface area contributed by atoms with Crippen molar-refractivity contribution in [2.24, 2.45) is 5.73 Å². The zero-order chi connectivity index (χ0) is 14.4. The fraction of sp³-hybridized carbons (Fsp3) is 0.385. The van der Waals surface area contributed by atoms with E-state index in [1.54, 1.807) is 19.2 Å². The van der Waals surface area contributed by atoms with E-state index >= 15 is 0 Å². The molecule has 0 aliphatic carbocycles. The Morgan fingerprint density at radius 2 is 2.21 bits per heavy atom. The Labute approximate surface area is 117 Å². The van der Waals surface area contributed by atoms with Crippen LogP contribution in [0.3, 0.4) is 0 Å². The van der Waals surface area contributed by atoms with Gasteiger partial charge in [-0.05, 0) is 25.2 Å². The predicted octanol–water partition coefficient (Wildman–Crippen LogP) is 1.03. The molecule has 1 amide bonds. The number of amides is 1. The van der Waals surface area contributed by atoms with Crippen molar-refractivity contribution < 1.29 is 9.18 Å². The van der Waals surface area contributed by atoms with Crippen LogP contribution in [0.2, 0.25) is 0 Å². The highest BCUT2D eigenvalue weighted by Crippen LogP contribution is 2.13. The topological polar surface area (TPSA) is 58.4 Å². The van der Waals surface area contributed by atoms with Crippen molar-refractivity contribution in [2.45, 2.75) is 13.0 Å². The largest absolute Gasteiger partial charge is 0.389 e. The second-order valence-corrected chi connectivity index (χ2v) is 4.77. The molecule has 0 radical (unpaired) electrons. The first kappa shape index (κ1) is 15.5. The summed E-state index contributed by atoms with van der Waals surface area (Å²) in [5.41, 5.74) is 6.69. The molecule has 0 aromatic heterocycles. The Balaban J connectivity index is 2.67. The number of hydrogen-bond acceptors (Lipinski definition) is 3. The molecule has 0 aliphatic heterocycles. The van der Waals surface area contributed by atoms with Gasteiger partial charge in [0.2, 0.25) is 5.91 Å². The highest BCUT2D eigenvalue weighted by Gasteiger charge is 2.09. The van der Waals surface area contributed by atoms with Crippen molar-refractivity contribution >= 4 is 23.1 Å². The van der Waals surface area contributed by atoms with Crippen LogP contribution in [0.25, 0.3) is 0 Å². The predicted molar refractivity (Wildman–Crippen MR) is 77.3 cm³/mol. The maximum Gasteiger partial charge on any atom is 0.221 e. The van der Waals surface area contributed by atoms with E-state index in [9.17, 15) is 9.18 Å². The van der Waals surface area contributed by atoms with Gasteiger partial charge >= 0.3 is 0 Å². The Morgan fingerprint density at radius 1 is 1.53 bits per heavy atom. The number of nitrogens with two attached hydrogens (primary N) is 1. The minimum absolute atomic E-state index is 0.0378. The van der Waals surface area contributed by atoms with E-state index in [0.29, 0.717) is 30.6 Å². The lowest BCUT2D eigenvalue weighted by Gasteiger charge is -2.17. The van der Waals surface area contributed by atoms with E-state index in [1.807, 2.05) is 11.9 Å². The van der Waals surface area contributed by atoms with Crippen LogP contribution in [0, 0.1) is 5.82 Å². The summed E-state index contributed by atoms with van der Waals surface area (Å²) < 4.78 is 13.7. The van der Waals surface area contributed by atoms with Crippen LogP contribution in [0.5, 0.6) is 0 Å². The molecule has 0 unspecified atom stereocenters. The summed E-state index contributed by atoms with van der Waals surface area (Å²) in [6, 6.07) is 4.57. The molecule has 0 saturated carbocycles. The third-order valence-electron chi connectivity index (χ3n) is 2.77. The zero-order valence-electron chi connectivity index (χ0n) is 11.1. The van der Waals surface area contributed by atoms with Gasteiger partial charge in [0.1, 0.15) is 10.8 Å². The third-order valence-corrected chi connectivity index (χ3v) is 3.01. The van der Waals surface area contributed by atoms with Crippen LogP contribution < -0.4 is 11.1 Å². The zero-order valence-corrected chi connectivity index (χ0v) is 11.9. The Hall–Kier alpha value is -1.53. The van der Waals surface area contributed by atoms with Crippen molar-refractivity contribution in [2.75, 3.05) is 20.6 Å². The maximum absolute atomic E-state index is 13.7. The van der Waals surface area contributed by atoms with Crippen molar-refractivity contribution in [1.82, 2.24) is 10.2 Å². The van der Waals surface area contributed by atoms with Crippen molar-refractivity contribution in [1.29, 1.82) is 0 Å². The van der Waals surface area contributed by atoms with Gasteiger partial charge in [0.25, 0.3) is 0 Å². The summed E-state index contributed by atoms with van der Waals surface area (Å²) in [6.45, 7) is 0.954. The number of benzene rings is 1. The molecular weight excluding hydrogens is 265 g/mol. The third kappa shape index (κ3) is 4.92. The smallest absolute Gasteiger partial charge is 0.221 e. The highest BCUT2D eigenvalue weighted by molar-refractivity contribution is 7.80. The number of halogens is 1. The standard InChI is InChI=1S/C13H18FN3OS/c1-16-12(18)5-6-17(2)8-10-7-9(13(15)19)3-4-11(10)14/h3-4,7H,5-6,8H2,1-2H3,(H2,15,19)(H,16,18). The number of nitrogens with one attached hydrogen (secondary N) is 1. The monoisotopic (exact) mass is 283 g/mol. The lowest BCUT2D eigenvalue weighted by atomic mass is 10.1. The minimum Gasteiger partial charge on any atom is -0.389 e. The summed E-state index contributed by atoms with van der Waals surface area (Å²) in [4.78, 5) is 13.3. The fourth-order valence-electron chi connectivity index (χ4n) is 1.64. The number of carbonyl (C=O) groups excluding carboxylic acids is 1. The molecule has 0 fully saturated rings. The van der Waals surface area contributed by atoms with Crippen LogP contribution >= 0.6 is 12.2 Å². The lowest BCUT2D eigenvalue weighted by molar-refractivity contribution is -0.120. The molecule has 0 atom stereocenters. The fourth-order valence-corrected chi connectivity index (χ4v) is 1.76. The molecule has 0 heterocycles. The van der Waals surface area contributed by atoms with Crippen molar-refractivity contribution in [3.63, 3.8) is 0 Å². The average molecular weight is 283 g/mol. The van der Waals surface area contributed by atoms with E-state index in [-0.39, 0.29) is 16.7 Å². The molecule has 1 aromatic carbocycles. The molecule has 0 bridgehead atoms. The van der Waals surface area contributed by atoms with E-state index in [1.165, 1.54) is 6.07 Å². The molecule has 0 saturated heterocycles. The first-order valence-electron chi connectivity index (χ1n) is 5.91. The second-order valence-electron chi connectivity index (χ2n) is 4.33. The van der Waals surface area contributed by atoms with Gasteiger partial charge in [-0.1, -0.05) is 12.2 Å². The number of hydrogen-bond donors (Lipinski definition) is 2. The minimum atomic E-state index is -0.299. The first-order chi connectivity index (χ1) is 8.93. The molecule has 4 nitrogen and oxygen atoms in total. The molecule has 0 spiro atoms. The van der Waals surface area contributed by atoms with Gasteiger partial charge in [-0.3, -0.25) is 4.79 Å². The number of rotatable bonds is 6. The maximum atomic E-state index is 13.7. The molecule has 6 heteroatoms. The number of thiocarbonyl (C=S) groups is 1. The summed E-state index contributed by atoms with van der Waals surface area (Å²) in [5, 5.41) is 2.55. The van der Waals surface area contributed by atoms with Crippen LogP contribution in [0.1, 0.15) is 17.5 Å². The molecule has 1 aromatic rings. The summed E-state index contributed by atoms with van der Waals surface area (Å²) in [6.07, 6.45) is 0.379. The Kier molecular flexibility index (Phi) is 5.85. The van der Waals surface area contributed by atoms with Crippen molar-refractivity contribution in [3.8, 4) is 0 Å².